The Bertz CT molecular complexity index is 782. The van der Waals surface area contributed by atoms with Crippen LogP contribution in [0.2, 0.25) is 10.0 Å². The van der Waals surface area contributed by atoms with E-state index in [1.54, 1.807) is 12.1 Å². The third-order valence-corrected chi connectivity index (χ3v) is 5.38. The minimum atomic E-state index is -0.152. The predicted molar refractivity (Wildman–Crippen MR) is 96.1 cm³/mol. The van der Waals surface area contributed by atoms with Crippen molar-refractivity contribution in [3.8, 4) is 11.1 Å². The van der Waals surface area contributed by atoms with Crippen molar-refractivity contribution in [2.75, 3.05) is 0 Å². The summed E-state index contributed by atoms with van der Waals surface area (Å²) in [4.78, 5) is 13.2. The van der Waals surface area contributed by atoms with E-state index in [4.69, 9.17) is 35.4 Å². The van der Waals surface area contributed by atoms with Gasteiger partial charge in [-0.2, -0.15) is 0 Å². The number of hydrogen-bond donors (Lipinski definition) is 1. The summed E-state index contributed by atoms with van der Waals surface area (Å²) in [6.07, 6.45) is 1.83. The molecular weight excluding hydrogens is 365 g/mol. The zero-order valence-corrected chi connectivity index (χ0v) is 14.3. The fourth-order valence-corrected chi connectivity index (χ4v) is 4.19. The first kappa shape index (κ1) is 15.1. The summed E-state index contributed by atoms with van der Waals surface area (Å²) >= 11 is 20.0. The fraction of sp³-hybridized carbons (Fsp3) is 0. The van der Waals surface area contributed by atoms with Gasteiger partial charge in [-0.25, -0.2) is 0 Å². The lowest BCUT2D eigenvalue weighted by atomic mass is 10.1. The fourth-order valence-electron chi connectivity index (χ4n) is 1.84. The second-order valence-corrected chi connectivity index (χ2v) is 7.72. The van der Waals surface area contributed by atoms with Gasteiger partial charge in [0.2, 0.25) is 0 Å². The van der Waals surface area contributed by atoms with Gasteiger partial charge < -0.3 is 5.32 Å². The molecule has 0 aliphatic carbocycles. The van der Waals surface area contributed by atoms with Crippen molar-refractivity contribution in [3.05, 3.63) is 49.5 Å². The molecule has 0 spiro atoms. The van der Waals surface area contributed by atoms with Gasteiger partial charge in [0.05, 0.1) is 4.91 Å². The molecule has 1 amide bonds. The average Bonchev–Trinajstić information content (AvgIpc) is 3.00. The van der Waals surface area contributed by atoms with Gasteiger partial charge in [-0.1, -0.05) is 47.2 Å². The van der Waals surface area contributed by atoms with Crippen LogP contribution in [0.15, 0.2) is 34.6 Å². The van der Waals surface area contributed by atoms with E-state index < -0.39 is 0 Å². The molecule has 0 atom stereocenters. The lowest BCUT2D eigenvalue weighted by Crippen LogP contribution is -2.17. The molecule has 2 heterocycles. The first-order valence-corrected chi connectivity index (χ1v) is 8.68. The highest BCUT2D eigenvalue weighted by Crippen LogP contribution is 2.35. The molecule has 2 nitrogen and oxygen atoms in total. The number of thiophene rings is 1. The van der Waals surface area contributed by atoms with Crippen LogP contribution >= 0.6 is 58.5 Å². The van der Waals surface area contributed by atoms with Crippen molar-refractivity contribution in [2.45, 2.75) is 0 Å². The number of hydrogen-bond acceptors (Lipinski definition) is 4. The van der Waals surface area contributed by atoms with E-state index >= 15 is 0 Å². The van der Waals surface area contributed by atoms with E-state index in [0.717, 1.165) is 16.0 Å². The Morgan fingerprint density at radius 2 is 2.05 bits per heavy atom. The monoisotopic (exact) mass is 371 g/mol. The molecule has 1 aliphatic heterocycles. The number of rotatable bonds is 2. The minimum absolute atomic E-state index is 0.152. The summed E-state index contributed by atoms with van der Waals surface area (Å²) in [7, 11) is 0. The SMILES string of the molecule is O=C1NC(=S)S/C1=C\c1cc(-c2cc(Cl)ccc2Cl)cs1. The second kappa shape index (κ2) is 6.10. The molecule has 21 heavy (non-hydrogen) atoms. The van der Waals surface area contributed by atoms with Gasteiger partial charge in [0, 0.05) is 20.5 Å². The first-order valence-electron chi connectivity index (χ1n) is 5.82. The van der Waals surface area contributed by atoms with Crippen molar-refractivity contribution in [1.29, 1.82) is 0 Å². The van der Waals surface area contributed by atoms with Crippen LogP contribution in [0, 0.1) is 0 Å². The number of benzene rings is 1. The molecular formula is C14H7Cl2NOS3. The van der Waals surface area contributed by atoms with Gasteiger partial charge in [0.15, 0.2) is 0 Å². The molecule has 0 radical (unpaired) electrons. The van der Waals surface area contributed by atoms with Gasteiger partial charge in [-0.3, -0.25) is 4.79 Å². The largest absolute Gasteiger partial charge is 0.307 e. The first-order chi connectivity index (χ1) is 10.0. The summed E-state index contributed by atoms with van der Waals surface area (Å²) in [5, 5.41) is 5.86. The van der Waals surface area contributed by atoms with E-state index in [1.807, 2.05) is 23.6 Å². The van der Waals surface area contributed by atoms with Gasteiger partial charge in [0.25, 0.3) is 5.91 Å². The molecule has 1 saturated heterocycles. The second-order valence-electron chi connectivity index (χ2n) is 4.21. The number of halogens is 2. The summed E-state index contributed by atoms with van der Waals surface area (Å²) < 4.78 is 0.487. The topological polar surface area (TPSA) is 29.1 Å². The number of amides is 1. The lowest BCUT2D eigenvalue weighted by Gasteiger charge is -2.01. The molecule has 0 bridgehead atoms. The maximum Gasteiger partial charge on any atom is 0.263 e. The Labute approximate surface area is 145 Å². The number of carbonyl (C=O) groups excluding carboxylic acids is 1. The molecule has 1 fully saturated rings. The highest BCUT2D eigenvalue weighted by atomic mass is 35.5. The Kier molecular flexibility index (Phi) is 4.38. The van der Waals surface area contributed by atoms with Crippen LogP contribution < -0.4 is 5.32 Å². The van der Waals surface area contributed by atoms with Crippen molar-refractivity contribution in [3.63, 3.8) is 0 Å². The summed E-state index contributed by atoms with van der Waals surface area (Å²) in [6.45, 7) is 0. The molecule has 7 heteroatoms. The normalized spacial score (nSPS) is 16.6. The highest BCUT2D eigenvalue weighted by molar-refractivity contribution is 8.26. The Morgan fingerprint density at radius 3 is 2.76 bits per heavy atom. The molecule has 1 N–H and O–H groups in total. The van der Waals surface area contributed by atoms with Crippen LogP contribution in [0.3, 0.4) is 0 Å². The van der Waals surface area contributed by atoms with E-state index in [9.17, 15) is 4.79 Å². The van der Waals surface area contributed by atoms with Crippen LogP contribution in [-0.4, -0.2) is 10.2 Å². The molecule has 0 unspecified atom stereocenters. The minimum Gasteiger partial charge on any atom is -0.307 e. The number of thiocarbonyl (C=S) groups is 1. The molecule has 1 aromatic heterocycles. The van der Waals surface area contributed by atoms with E-state index in [2.05, 4.69) is 5.32 Å². The van der Waals surface area contributed by atoms with Crippen molar-refractivity contribution in [2.24, 2.45) is 0 Å². The summed E-state index contributed by atoms with van der Waals surface area (Å²) in [5.74, 6) is -0.152. The number of thioether (sulfide) groups is 1. The Hall–Kier alpha value is -0.850. The number of nitrogens with one attached hydrogen (secondary N) is 1. The molecule has 1 aromatic carbocycles. The van der Waals surface area contributed by atoms with Gasteiger partial charge in [-0.15, -0.1) is 11.3 Å². The maximum atomic E-state index is 11.6. The lowest BCUT2D eigenvalue weighted by molar-refractivity contribution is -0.115. The van der Waals surface area contributed by atoms with Crippen LogP contribution in [-0.2, 0) is 4.79 Å². The van der Waals surface area contributed by atoms with Crippen LogP contribution in [0.4, 0.5) is 0 Å². The van der Waals surface area contributed by atoms with Crippen LogP contribution in [0.5, 0.6) is 0 Å². The summed E-state index contributed by atoms with van der Waals surface area (Å²) in [6, 6.07) is 7.33. The van der Waals surface area contributed by atoms with Crippen LogP contribution in [0.25, 0.3) is 17.2 Å². The third kappa shape index (κ3) is 3.33. The zero-order chi connectivity index (χ0) is 15.0. The quantitative estimate of drug-likeness (QED) is 0.580. The molecule has 1 aliphatic rings. The van der Waals surface area contributed by atoms with Gasteiger partial charge in [0.1, 0.15) is 4.32 Å². The molecule has 0 saturated carbocycles. The smallest absolute Gasteiger partial charge is 0.263 e. The highest BCUT2D eigenvalue weighted by Gasteiger charge is 2.22. The standard InChI is InChI=1S/C14H7Cl2NOS3/c15-8-1-2-11(16)10(4-8)7-3-9(20-6-7)5-12-13(18)17-14(19)21-12/h1-6H,(H,17,18,19)/b12-5-. The predicted octanol–water partition coefficient (Wildman–Crippen LogP) is 5.21. The van der Waals surface area contributed by atoms with E-state index in [1.165, 1.54) is 23.1 Å². The van der Waals surface area contributed by atoms with Crippen LogP contribution in [0.1, 0.15) is 4.88 Å². The van der Waals surface area contributed by atoms with E-state index in [0.29, 0.717) is 19.3 Å². The third-order valence-electron chi connectivity index (χ3n) is 2.77. The Balaban J connectivity index is 1.94. The molecule has 106 valence electrons. The maximum absolute atomic E-state index is 11.6. The van der Waals surface area contributed by atoms with Crippen molar-refractivity contribution < 1.29 is 4.79 Å². The van der Waals surface area contributed by atoms with Gasteiger partial charge in [-0.05, 0) is 41.3 Å². The molecule has 2 aromatic rings. The Morgan fingerprint density at radius 1 is 1.24 bits per heavy atom. The van der Waals surface area contributed by atoms with Crippen molar-refractivity contribution in [1.82, 2.24) is 5.32 Å². The molecule has 3 rings (SSSR count). The zero-order valence-electron chi connectivity index (χ0n) is 10.4. The summed E-state index contributed by atoms with van der Waals surface area (Å²) in [5.41, 5.74) is 1.86. The average molecular weight is 372 g/mol. The van der Waals surface area contributed by atoms with Gasteiger partial charge >= 0.3 is 0 Å². The van der Waals surface area contributed by atoms with E-state index in [-0.39, 0.29) is 5.91 Å². The van der Waals surface area contributed by atoms with Crippen molar-refractivity contribution >= 4 is 74.8 Å². The number of carbonyl (C=O) groups is 1.